The zero-order valence-electron chi connectivity index (χ0n) is 15.2. The quantitative estimate of drug-likeness (QED) is 0.279. The van der Waals surface area contributed by atoms with Gasteiger partial charge >= 0.3 is 0 Å². The molecular formula is C26H18BrN. The molecule has 5 aromatic rings. The van der Waals surface area contributed by atoms with E-state index in [4.69, 9.17) is 0 Å². The molecule has 5 rings (SSSR count). The molecule has 0 fully saturated rings. The molecule has 1 aromatic heterocycles. The van der Waals surface area contributed by atoms with E-state index < -0.39 is 0 Å². The highest BCUT2D eigenvalue weighted by atomic mass is 79.9. The van der Waals surface area contributed by atoms with Gasteiger partial charge in [-0.05, 0) is 53.1 Å². The van der Waals surface area contributed by atoms with Crippen molar-refractivity contribution in [3.8, 4) is 28.1 Å². The largest absolute Gasteiger partial charge is 0.309 e. The molecule has 0 saturated heterocycles. The number of hydrogen-bond acceptors (Lipinski definition) is 0. The van der Waals surface area contributed by atoms with Crippen molar-refractivity contribution >= 4 is 26.8 Å². The molecule has 2 heteroatoms. The molecule has 28 heavy (non-hydrogen) atoms. The van der Waals surface area contributed by atoms with Gasteiger partial charge in [0.05, 0.1) is 11.2 Å². The molecule has 0 radical (unpaired) electrons. The predicted octanol–water partition coefficient (Wildman–Crippen LogP) is 7.73. The van der Waals surface area contributed by atoms with Gasteiger partial charge in [0.1, 0.15) is 0 Å². The van der Waals surface area contributed by atoms with Crippen LogP contribution >= 0.6 is 15.9 Å². The van der Waals surface area contributed by atoms with Crippen LogP contribution in [0.15, 0.2) is 114 Å². The average Bonchev–Trinajstić information content (AvgIpc) is 3.15. The normalized spacial score (nSPS) is 11.0. The summed E-state index contributed by atoms with van der Waals surface area (Å²) in [6, 6.07) is 38.6. The number of aromatic nitrogens is 1. The second-order valence-electron chi connectivity index (χ2n) is 6.84. The van der Waals surface area contributed by atoms with Crippen LogP contribution in [0.5, 0.6) is 0 Å². The summed E-state index contributed by atoms with van der Waals surface area (Å²) in [6.07, 6.45) is 0. The topological polar surface area (TPSA) is 4.93 Å². The number of halogens is 1. The smallest absolute Gasteiger partial charge is 0.0540 e. The minimum absolute atomic E-state index is 1.10. The lowest BCUT2D eigenvalue weighted by Crippen LogP contribution is -1.96. The lowest BCUT2D eigenvalue weighted by atomic mass is 10.1. The summed E-state index contributed by atoms with van der Waals surface area (Å²) in [5, 5.41) is 1.25. The molecule has 0 atom stereocenters. The third-order valence-electron chi connectivity index (χ3n) is 5.08. The minimum atomic E-state index is 1.10. The van der Waals surface area contributed by atoms with Crippen LogP contribution in [0.25, 0.3) is 39.0 Å². The Balaban J connectivity index is 1.65. The molecule has 0 saturated carbocycles. The van der Waals surface area contributed by atoms with Crippen LogP contribution in [0.4, 0.5) is 0 Å². The molecule has 1 heterocycles. The summed E-state index contributed by atoms with van der Waals surface area (Å²) < 4.78 is 3.44. The number of nitrogens with zero attached hydrogens (tertiary/aromatic N) is 1. The molecule has 0 bridgehead atoms. The van der Waals surface area contributed by atoms with Crippen LogP contribution in [-0.4, -0.2) is 4.57 Å². The fraction of sp³-hybridized carbons (Fsp3) is 0. The summed E-state index contributed by atoms with van der Waals surface area (Å²) >= 11 is 3.51. The van der Waals surface area contributed by atoms with Crippen LogP contribution in [0, 0.1) is 0 Å². The van der Waals surface area contributed by atoms with Gasteiger partial charge in [-0.2, -0.15) is 0 Å². The van der Waals surface area contributed by atoms with Gasteiger partial charge in [0.25, 0.3) is 0 Å². The lowest BCUT2D eigenvalue weighted by molar-refractivity contribution is 1.13. The Bertz CT molecular complexity index is 1230. The molecule has 0 spiro atoms. The van der Waals surface area contributed by atoms with Crippen LogP contribution in [-0.2, 0) is 0 Å². The molecular weight excluding hydrogens is 406 g/mol. The first-order valence-electron chi connectivity index (χ1n) is 9.32. The van der Waals surface area contributed by atoms with Gasteiger partial charge in [0, 0.05) is 15.5 Å². The highest BCUT2D eigenvalue weighted by Gasteiger charge is 2.12. The minimum Gasteiger partial charge on any atom is -0.309 e. The number of para-hydroxylation sites is 1. The first kappa shape index (κ1) is 17.0. The van der Waals surface area contributed by atoms with E-state index in [2.05, 4.69) is 130 Å². The van der Waals surface area contributed by atoms with Gasteiger partial charge in [-0.15, -0.1) is 0 Å². The van der Waals surface area contributed by atoms with Crippen molar-refractivity contribution in [3.05, 3.63) is 114 Å². The number of rotatable bonds is 3. The maximum atomic E-state index is 3.51. The third-order valence-corrected chi connectivity index (χ3v) is 5.61. The number of fused-ring (bicyclic) bond motifs is 1. The molecule has 0 aliphatic carbocycles. The Kier molecular flexibility index (Phi) is 4.34. The van der Waals surface area contributed by atoms with Gasteiger partial charge in [-0.25, -0.2) is 0 Å². The summed E-state index contributed by atoms with van der Waals surface area (Å²) in [7, 11) is 0. The van der Waals surface area contributed by atoms with Crippen LogP contribution in [0.1, 0.15) is 0 Å². The monoisotopic (exact) mass is 423 g/mol. The Morgan fingerprint density at radius 3 is 1.86 bits per heavy atom. The number of hydrogen-bond donors (Lipinski definition) is 0. The highest BCUT2D eigenvalue weighted by Crippen LogP contribution is 2.32. The Morgan fingerprint density at radius 2 is 1.14 bits per heavy atom. The van der Waals surface area contributed by atoms with E-state index in [1.54, 1.807) is 0 Å². The maximum Gasteiger partial charge on any atom is 0.0540 e. The Labute approximate surface area is 173 Å². The van der Waals surface area contributed by atoms with Gasteiger partial charge in [0.15, 0.2) is 0 Å². The zero-order valence-corrected chi connectivity index (χ0v) is 16.8. The summed E-state index contributed by atoms with van der Waals surface area (Å²) in [6.45, 7) is 0. The Hall–Kier alpha value is -3.10. The van der Waals surface area contributed by atoms with Crippen molar-refractivity contribution in [1.82, 2.24) is 4.57 Å². The number of benzene rings is 4. The first-order valence-corrected chi connectivity index (χ1v) is 10.1. The van der Waals surface area contributed by atoms with Crippen molar-refractivity contribution < 1.29 is 0 Å². The van der Waals surface area contributed by atoms with E-state index in [9.17, 15) is 0 Å². The second kappa shape index (κ2) is 7.14. The van der Waals surface area contributed by atoms with Crippen LogP contribution < -0.4 is 0 Å². The van der Waals surface area contributed by atoms with E-state index >= 15 is 0 Å². The summed E-state index contributed by atoms with van der Waals surface area (Å²) in [4.78, 5) is 0. The summed E-state index contributed by atoms with van der Waals surface area (Å²) in [5.41, 5.74) is 7.25. The highest BCUT2D eigenvalue weighted by molar-refractivity contribution is 9.10. The van der Waals surface area contributed by atoms with Crippen molar-refractivity contribution in [2.75, 3.05) is 0 Å². The maximum absolute atomic E-state index is 3.51. The van der Waals surface area contributed by atoms with Crippen molar-refractivity contribution in [3.63, 3.8) is 0 Å². The Morgan fingerprint density at radius 1 is 0.536 bits per heavy atom. The predicted molar refractivity (Wildman–Crippen MR) is 122 cm³/mol. The summed E-state index contributed by atoms with van der Waals surface area (Å²) in [5.74, 6) is 0. The molecule has 0 N–H and O–H groups in total. The fourth-order valence-electron chi connectivity index (χ4n) is 3.70. The lowest BCUT2D eigenvalue weighted by Gasteiger charge is -2.12. The van der Waals surface area contributed by atoms with Crippen molar-refractivity contribution in [2.24, 2.45) is 0 Å². The molecule has 4 aromatic carbocycles. The third kappa shape index (κ3) is 3.06. The molecule has 0 unspecified atom stereocenters. The van der Waals surface area contributed by atoms with Crippen LogP contribution in [0.3, 0.4) is 0 Å². The van der Waals surface area contributed by atoms with E-state index in [0.29, 0.717) is 0 Å². The molecule has 134 valence electrons. The van der Waals surface area contributed by atoms with Gasteiger partial charge < -0.3 is 4.57 Å². The van der Waals surface area contributed by atoms with Crippen molar-refractivity contribution in [1.29, 1.82) is 0 Å². The molecule has 1 nitrogen and oxygen atoms in total. The molecule has 0 aliphatic heterocycles. The molecule has 0 amide bonds. The first-order chi connectivity index (χ1) is 13.8. The van der Waals surface area contributed by atoms with Gasteiger partial charge in [0.2, 0.25) is 0 Å². The van der Waals surface area contributed by atoms with E-state index in [0.717, 1.165) is 4.47 Å². The van der Waals surface area contributed by atoms with Crippen LogP contribution in [0.2, 0.25) is 0 Å². The van der Waals surface area contributed by atoms with Crippen molar-refractivity contribution in [2.45, 2.75) is 0 Å². The van der Waals surface area contributed by atoms with E-state index in [1.807, 2.05) is 0 Å². The zero-order chi connectivity index (χ0) is 18.9. The SMILES string of the molecule is Brc1ccc(-c2ccc(-n3c(-c4ccccc4)cc4ccccc43)cc2)cc1. The fourth-order valence-corrected chi connectivity index (χ4v) is 3.96. The average molecular weight is 424 g/mol. The van der Waals surface area contributed by atoms with Gasteiger partial charge in [-0.3, -0.25) is 0 Å². The molecule has 0 aliphatic rings. The van der Waals surface area contributed by atoms with E-state index in [-0.39, 0.29) is 0 Å². The standard InChI is InChI=1S/C26H18BrN/c27-23-14-10-19(11-15-23)20-12-16-24(17-13-20)28-25-9-5-4-8-22(25)18-26(28)21-6-2-1-3-7-21/h1-18H. The van der Waals surface area contributed by atoms with E-state index in [1.165, 1.54) is 39.0 Å². The van der Waals surface area contributed by atoms with Gasteiger partial charge in [-0.1, -0.05) is 88.7 Å². The second-order valence-corrected chi connectivity index (χ2v) is 7.76.